The Balaban J connectivity index is 1.64. The minimum absolute atomic E-state index is 0.439. The fourth-order valence-corrected chi connectivity index (χ4v) is 3.89. The highest BCUT2D eigenvalue weighted by atomic mass is 14.9. The van der Waals surface area contributed by atoms with Crippen molar-refractivity contribution in [1.82, 2.24) is 0 Å². The maximum Gasteiger partial charge on any atom is 0.0519 e. The molecule has 0 saturated carbocycles. The highest BCUT2D eigenvalue weighted by Crippen LogP contribution is 2.37. The molecule has 0 spiro atoms. The number of rotatable bonds is 2. The second-order valence-electron chi connectivity index (χ2n) is 6.34. The maximum absolute atomic E-state index is 5.90. The number of fused-ring (bicyclic) bond motifs is 2. The summed E-state index contributed by atoms with van der Waals surface area (Å²) < 4.78 is 0. The first-order chi connectivity index (χ1) is 10.3. The highest BCUT2D eigenvalue weighted by Gasteiger charge is 2.23. The Morgan fingerprint density at radius 3 is 2.81 bits per heavy atom. The van der Waals surface area contributed by atoms with Gasteiger partial charge in [0.2, 0.25) is 0 Å². The molecule has 2 nitrogen and oxygen atoms in total. The third-order valence-corrected chi connectivity index (χ3v) is 4.97. The van der Waals surface area contributed by atoms with E-state index < -0.39 is 0 Å². The van der Waals surface area contributed by atoms with E-state index in [9.17, 15) is 0 Å². The Hall–Kier alpha value is -1.96. The van der Waals surface area contributed by atoms with Crippen LogP contribution in [-0.4, -0.2) is 0 Å². The van der Waals surface area contributed by atoms with Crippen molar-refractivity contribution < 1.29 is 0 Å². The van der Waals surface area contributed by atoms with Gasteiger partial charge in [0.15, 0.2) is 0 Å². The molecule has 0 saturated heterocycles. The molecular weight excluding hydrogens is 256 g/mol. The van der Waals surface area contributed by atoms with Gasteiger partial charge in [0.25, 0.3) is 0 Å². The molecule has 2 aliphatic rings. The van der Waals surface area contributed by atoms with Gasteiger partial charge < -0.3 is 11.1 Å². The smallest absolute Gasteiger partial charge is 0.0519 e. The average molecular weight is 278 g/mol. The first kappa shape index (κ1) is 12.8. The van der Waals surface area contributed by atoms with Crippen LogP contribution in [0.15, 0.2) is 36.4 Å². The van der Waals surface area contributed by atoms with E-state index in [1.807, 2.05) is 6.07 Å². The fraction of sp³-hybridized carbons (Fsp3) is 0.368. The minimum Gasteiger partial charge on any atom is -0.399 e. The molecular formula is C19H22N2. The molecule has 108 valence electrons. The van der Waals surface area contributed by atoms with Crippen LogP contribution in [0.4, 0.5) is 11.4 Å². The summed E-state index contributed by atoms with van der Waals surface area (Å²) in [4.78, 5) is 0. The van der Waals surface area contributed by atoms with E-state index in [0.717, 1.165) is 12.1 Å². The standard InChI is InChI=1S/C19H22N2/c20-15-9-10-17-14(12-15)8-11-19(17)21-18-7-3-5-13-4-1-2-6-16(13)18/h3,5,7,9-10,12,19,21H,1-2,4,6,8,11,20H2. The number of hydrogen-bond acceptors (Lipinski definition) is 2. The number of nitrogen functional groups attached to an aromatic ring is 1. The molecule has 0 aromatic heterocycles. The Morgan fingerprint density at radius 1 is 0.952 bits per heavy atom. The minimum atomic E-state index is 0.439. The van der Waals surface area contributed by atoms with E-state index in [0.29, 0.717) is 6.04 Å². The molecule has 0 heterocycles. The molecule has 2 aliphatic carbocycles. The van der Waals surface area contributed by atoms with E-state index in [1.54, 1.807) is 11.1 Å². The molecule has 0 amide bonds. The van der Waals surface area contributed by atoms with Gasteiger partial charge in [0, 0.05) is 11.4 Å². The van der Waals surface area contributed by atoms with Crippen LogP contribution in [0.5, 0.6) is 0 Å². The van der Waals surface area contributed by atoms with E-state index in [4.69, 9.17) is 5.73 Å². The molecule has 1 atom stereocenters. The average Bonchev–Trinajstić information content (AvgIpc) is 2.90. The number of aryl methyl sites for hydroxylation is 2. The lowest BCUT2D eigenvalue weighted by Gasteiger charge is -2.23. The molecule has 1 unspecified atom stereocenters. The van der Waals surface area contributed by atoms with Crippen molar-refractivity contribution in [3.8, 4) is 0 Å². The van der Waals surface area contributed by atoms with Crippen LogP contribution in [-0.2, 0) is 19.3 Å². The largest absolute Gasteiger partial charge is 0.399 e. The van der Waals surface area contributed by atoms with Crippen LogP contribution in [0.3, 0.4) is 0 Å². The third kappa shape index (κ3) is 2.29. The third-order valence-electron chi connectivity index (χ3n) is 4.97. The van der Waals surface area contributed by atoms with Crippen molar-refractivity contribution in [2.75, 3.05) is 11.1 Å². The normalized spacial score (nSPS) is 19.9. The lowest BCUT2D eigenvalue weighted by atomic mass is 9.90. The molecule has 21 heavy (non-hydrogen) atoms. The summed E-state index contributed by atoms with van der Waals surface area (Å²) in [6.45, 7) is 0. The van der Waals surface area contributed by atoms with Gasteiger partial charge in [-0.3, -0.25) is 0 Å². The molecule has 3 N–H and O–H groups in total. The Labute approximate surface area is 126 Å². The molecule has 2 heteroatoms. The van der Waals surface area contributed by atoms with Crippen LogP contribution in [0.2, 0.25) is 0 Å². The summed E-state index contributed by atoms with van der Waals surface area (Å²) in [6, 6.07) is 13.5. The number of nitrogens with one attached hydrogen (secondary N) is 1. The summed E-state index contributed by atoms with van der Waals surface area (Å²) >= 11 is 0. The van der Waals surface area contributed by atoms with E-state index in [1.165, 1.54) is 48.9 Å². The summed E-state index contributed by atoms with van der Waals surface area (Å²) in [5.74, 6) is 0. The molecule has 0 aliphatic heterocycles. The highest BCUT2D eigenvalue weighted by molar-refractivity contribution is 5.58. The van der Waals surface area contributed by atoms with Gasteiger partial charge in [0.1, 0.15) is 0 Å². The van der Waals surface area contributed by atoms with Gasteiger partial charge in [-0.2, -0.15) is 0 Å². The summed E-state index contributed by atoms with van der Waals surface area (Å²) in [7, 11) is 0. The van der Waals surface area contributed by atoms with Crippen LogP contribution in [0, 0.1) is 0 Å². The lowest BCUT2D eigenvalue weighted by molar-refractivity contribution is 0.682. The van der Waals surface area contributed by atoms with E-state index in [2.05, 4.69) is 35.6 Å². The lowest BCUT2D eigenvalue weighted by Crippen LogP contribution is -2.12. The van der Waals surface area contributed by atoms with Crippen molar-refractivity contribution in [3.05, 3.63) is 58.7 Å². The van der Waals surface area contributed by atoms with E-state index >= 15 is 0 Å². The van der Waals surface area contributed by atoms with Crippen molar-refractivity contribution in [1.29, 1.82) is 0 Å². The second-order valence-corrected chi connectivity index (χ2v) is 6.34. The number of nitrogens with two attached hydrogens (primary N) is 1. The molecule has 0 fully saturated rings. The summed E-state index contributed by atoms with van der Waals surface area (Å²) in [6.07, 6.45) is 7.42. The predicted octanol–water partition coefficient (Wildman–Crippen LogP) is 4.25. The molecule has 0 radical (unpaired) electrons. The molecule has 4 rings (SSSR count). The van der Waals surface area contributed by atoms with Crippen molar-refractivity contribution in [2.45, 2.75) is 44.6 Å². The molecule has 2 aromatic rings. The second kappa shape index (κ2) is 5.10. The molecule has 2 aromatic carbocycles. The molecule has 0 bridgehead atoms. The Bertz CT molecular complexity index is 675. The Morgan fingerprint density at radius 2 is 1.86 bits per heavy atom. The first-order valence-electron chi connectivity index (χ1n) is 8.07. The maximum atomic E-state index is 5.90. The number of benzene rings is 2. The predicted molar refractivity (Wildman–Crippen MR) is 88.6 cm³/mol. The van der Waals surface area contributed by atoms with Crippen molar-refractivity contribution in [2.24, 2.45) is 0 Å². The van der Waals surface area contributed by atoms with E-state index in [-0.39, 0.29) is 0 Å². The number of hydrogen-bond donors (Lipinski definition) is 2. The van der Waals surface area contributed by atoms with Crippen LogP contribution in [0.1, 0.15) is 47.6 Å². The van der Waals surface area contributed by atoms with Gasteiger partial charge in [-0.25, -0.2) is 0 Å². The fourth-order valence-electron chi connectivity index (χ4n) is 3.89. The zero-order valence-corrected chi connectivity index (χ0v) is 12.4. The van der Waals surface area contributed by atoms with Crippen LogP contribution < -0.4 is 11.1 Å². The quantitative estimate of drug-likeness (QED) is 0.806. The van der Waals surface area contributed by atoms with Gasteiger partial charge in [0.05, 0.1) is 6.04 Å². The monoisotopic (exact) mass is 278 g/mol. The van der Waals surface area contributed by atoms with Crippen LogP contribution >= 0.6 is 0 Å². The topological polar surface area (TPSA) is 38.0 Å². The Kier molecular flexibility index (Phi) is 3.10. The zero-order chi connectivity index (χ0) is 14.2. The SMILES string of the molecule is Nc1ccc2c(c1)CCC2Nc1cccc2c1CCCC2. The summed E-state index contributed by atoms with van der Waals surface area (Å²) in [5.41, 5.74) is 14.1. The zero-order valence-electron chi connectivity index (χ0n) is 12.4. The van der Waals surface area contributed by atoms with Gasteiger partial charge in [-0.1, -0.05) is 18.2 Å². The van der Waals surface area contributed by atoms with Gasteiger partial charge in [-0.15, -0.1) is 0 Å². The van der Waals surface area contributed by atoms with Crippen molar-refractivity contribution in [3.63, 3.8) is 0 Å². The van der Waals surface area contributed by atoms with Gasteiger partial charge in [-0.05, 0) is 79.0 Å². The number of anilines is 2. The van der Waals surface area contributed by atoms with Gasteiger partial charge >= 0.3 is 0 Å². The van der Waals surface area contributed by atoms with Crippen molar-refractivity contribution >= 4 is 11.4 Å². The van der Waals surface area contributed by atoms with Crippen LogP contribution in [0.25, 0.3) is 0 Å². The first-order valence-corrected chi connectivity index (χ1v) is 8.07. The summed E-state index contributed by atoms with van der Waals surface area (Å²) in [5, 5.41) is 3.80.